The second-order valence-corrected chi connectivity index (χ2v) is 5.08. The number of aliphatic hydroxyl groups excluding tert-OH is 1. The quantitative estimate of drug-likeness (QED) is 0.929. The van der Waals surface area contributed by atoms with Gasteiger partial charge in [-0.05, 0) is 24.1 Å². The van der Waals surface area contributed by atoms with Crippen LogP contribution in [0.3, 0.4) is 0 Å². The number of nitrogens with zero attached hydrogens (tertiary/aromatic N) is 2. The minimum absolute atomic E-state index is 0.0164. The third-order valence-electron chi connectivity index (χ3n) is 2.89. The summed E-state index contributed by atoms with van der Waals surface area (Å²) in [6, 6.07) is 5.31. The lowest BCUT2D eigenvalue weighted by Crippen LogP contribution is -2.33. The van der Waals surface area contributed by atoms with Crippen molar-refractivity contribution >= 4 is 34.8 Å². The first-order chi connectivity index (χ1) is 9.11. The Morgan fingerprint density at radius 3 is 2.74 bits per heavy atom. The highest BCUT2D eigenvalue weighted by Gasteiger charge is 2.21. The summed E-state index contributed by atoms with van der Waals surface area (Å²) in [7, 11) is 0. The van der Waals surface area contributed by atoms with Crippen LogP contribution in [0, 0.1) is 0 Å². The normalized spacial score (nSPS) is 15.6. The van der Waals surface area contributed by atoms with E-state index in [0.717, 1.165) is 11.3 Å². The molecule has 4 nitrogen and oxygen atoms in total. The number of aliphatic hydroxyl groups is 1. The molecule has 1 N–H and O–H groups in total. The third-order valence-corrected chi connectivity index (χ3v) is 3.62. The minimum Gasteiger partial charge on any atom is -0.396 e. The molecule has 1 aromatic carbocycles. The summed E-state index contributed by atoms with van der Waals surface area (Å²) < 4.78 is 0. The molecule has 0 atom stereocenters. The Bertz CT molecular complexity index is 517. The lowest BCUT2D eigenvalue weighted by Gasteiger charge is -2.23. The van der Waals surface area contributed by atoms with Crippen molar-refractivity contribution in [3.8, 4) is 0 Å². The number of hydrogen-bond donors (Lipinski definition) is 1. The van der Waals surface area contributed by atoms with Gasteiger partial charge in [0.15, 0.2) is 0 Å². The Balaban J connectivity index is 2.23. The minimum atomic E-state index is -0.0164. The Kier molecular flexibility index (Phi) is 4.80. The fourth-order valence-corrected chi connectivity index (χ4v) is 2.18. The van der Waals surface area contributed by atoms with Gasteiger partial charge in [-0.2, -0.15) is 5.10 Å². The lowest BCUT2D eigenvalue weighted by molar-refractivity contribution is -0.131. The molecule has 0 aliphatic carbocycles. The first-order valence-electron chi connectivity index (χ1n) is 6.06. The number of rotatable bonds is 4. The smallest absolute Gasteiger partial charge is 0.243 e. The molecule has 0 saturated carbocycles. The zero-order valence-electron chi connectivity index (χ0n) is 10.3. The van der Waals surface area contributed by atoms with Gasteiger partial charge >= 0.3 is 0 Å². The van der Waals surface area contributed by atoms with Gasteiger partial charge in [0.05, 0.1) is 15.8 Å². The van der Waals surface area contributed by atoms with Gasteiger partial charge in [0.25, 0.3) is 0 Å². The van der Waals surface area contributed by atoms with E-state index in [0.29, 0.717) is 35.9 Å². The third kappa shape index (κ3) is 3.47. The van der Waals surface area contributed by atoms with Crippen LogP contribution in [-0.4, -0.2) is 34.9 Å². The van der Waals surface area contributed by atoms with Crippen LogP contribution < -0.4 is 0 Å². The predicted molar refractivity (Wildman–Crippen MR) is 75.6 cm³/mol. The number of amides is 1. The molecule has 6 heteroatoms. The average Bonchev–Trinajstić information content (AvgIpc) is 2.41. The van der Waals surface area contributed by atoms with E-state index in [1.165, 1.54) is 5.01 Å². The van der Waals surface area contributed by atoms with E-state index >= 15 is 0 Å². The zero-order chi connectivity index (χ0) is 13.8. The summed E-state index contributed by atoms with van der Waals surface area (Å²) in [5.74, 6) is -0.0164. The molecule has 2 rings (SSSR count). The largest absolute Gasteiger partial charge is 0.396 e. The molecule has 0 bridgehead atoms. The second-order valence-electron chi connectivity index (χ2n) is 4.27. The van der Waals surface area contributed by atoms with E-state index in [-0.39, 0.29) is 12.5 Å². The first kappa shape index (κ1) is 14.3. The highest BCUT2D eigenvalue weighted by molar-refractivity contribution is 6.42. The Labute approximate surface area is 121 Å². The molecule has 0 radical (unpaired) electrons. The van der Waals surface area contributed by atoms with Crippen LogP contribution >= 0.6 is 23.2 Å². The molecule has 0 fully saturated rings. The van der Waals surface area contributed by atoms with Gasteiger partial charge in [-0.25, -0.2) is 5.01 Å². The van der Waals surface area contributed by atoms with Gasteiger partial charge in [0.2, 0.25) is 5.91 Å². The number of hydrazone groups is 1. The van der Waals surface area contributed by atoms with Crippen molar-refractivity contribution in [2.75, 3.05) is 13.2 Å². The monoisotopic (exact) mass is 300 g/mol. The maximum absolute atomic E-state index is 11.7. The summed E-state index contributed by atoms with van der Waals surface area (Å²) in [6.45, 7) is 0.474. The van der Waals surface area contributed by atoms with Crippen molar-refractivity contribution in [1.29, 1.82) is 0 Å². The average molecular weight is 301 g/mol. The molecule has 1 aliphatic rings. The molecular weight excluding hydrogens is 287 g/mol. The highest BCUT2D eigenvalue weighted by Crippen LogP contribution is 2.25. The second kappa shape index (κ2) is 6.37. The highest BCUT2D eigenvalue weighted by atomic mass is 35.5. The van der Waals surface area contributed by atoms with Gasteiger partial charge in [-0.1, -0.05) is 29.3 Å². The van der Waals surface area contributed by atoms with Gasteiger partial charge in [-0.15, -0.1) is 0 Å². The zero-order valence-corrected chi connectivity index (χ0v) is 11.8. The van der Waals surface area contributed by atoms with Gasteiger partial charge in [0.1, 0.15) is 0 Å². The number of carbonyl (C=O) groups excluding carboxylic acids is 1. The topological polar surface area (TPSA) is 52.9 Å². The van der Waals surface area contributed by atoms with Crippen molar-refractivity contribution in [1.82, 2.24) is 5.01 Å². The van der Waals surface area contributed by atoms with Gasteiger partial charge in [0, 0.05) is 26.0 Å². The van der Waals surface area contributed by atoms with E-state index < -0.39 is 0 Å². The van der Waals surface area contributed by atoms with E-state index in [4.69, 9.17) is 28.3 Å². The van der Waals surface area contributed by atoms with Crippen LogP contribution in [0.2, 0.25) is 10.0 Å². The Morgan fingerprint density at radius 1 is 1.26 bits per heavy atom. The fraction of sp³-hybridized carbons (Fsp3) is 0.385. The molecule has 1 amide bonds. The maximum Gasteiger partial charge on any atom is 0.243 e. The van der Waals surface area contributed by atoms with Gasteiger partial charge < -0.3 is 5.11 Å². The Hall–Kier alpha value is -1.10. The molecule has 1 aliphatic heterocycles. The van der Waals surface area contributed by atoms with E-state index in [1.807, 2.05) is 6.07 Å². The van der Waals surface area contributed by atoms with Crippen molar-refractivity contribution in [3.63, 3.8) is 0 Å². The van der Waals surface area contributed by atoms with Crippen LogP contribution in [0.5, 0.6) is 0 Å². The predicted octanol–water partition coefficient (Wildman–Crippen LogP) is 2.70. The molecule has 1 heterocycles. The molecule has 0 spiro atoms. The van der Waals surface area contributed by atoms with Crippen molar-refractivity contribution in [2.45, 2.75) is 19.3 Å². The lowest BCUT2D eigenvalue weighted by atomic mass is 10.0. The SMILES string of the molecule is O=C1CCC(c2ccc(Cl)c(Cl)c2)=NN1CCCO. The molecule has 0 saturated heterocycles. The summed E-state index contributed by atoms with van der Waals surface area (Å²) in [5.41, 5.74) is 1.69. The van der Waals surface area contributed by atoms with Crippen LogP contribution in [0.1, 0.15) is 24.8 Å². The molecule has 19 heavy (non-hydrogen) atoms. The summed E-state index contributed by atoms with van der Waals surface area (Å²) in [4.78, 5) is 11.7. The number of hydrogen-bond acceptors (Lipinski definition) is 3. The summed E-state index contributed by atoms with van der Waals surface area (Å²) in [6.07, 6.45) is 1.53. The standard InChI is InChI=1S/C13H14Cl2N2O2/c14-10-3-2-9(8-11(10)15)12-4-5-13(19)17(16-12)6-1-7-18/h2-3,8,18H,1,4-7H2. The first-order valence-corrected chi connectivity index (χ1v) is 6.81. The fourth-order valence-electron chi connectivity index (χ4n) is 1.88. The maximum atomic E-state index is 11.7. The number of benzene rings is 1. The van der Waals surface area contributed by atoms with Crippen LogP contribution in [-0.2, 0) is 4.79 Å². The van der Waals surface area contributed by atoms with Crippen molar-refractivity contribution in [3.05, 3.63) is 33.8 Å². The van der Waals surface area contributed by atoms with Crippen LogP contribution in [0.15, 0.2) is 23.3 Å². The van der Waals surface area contributed by atoms with Crippen molar-refractivity contribution < 1.29 is 9.90 Å². The number of carbonyl (C=O) groups is 1. The summed E-state index contributed by atoms with van der Waals surface area (Å²) >= 11 is 11.9. The molecule has 1 aromatic rings. The molecule has 102 valence electrons. The number of halogens is 2. The Morgan fingerprint density at radius 2 is 2.05 bits per heavy atom. The van der Waals surface area contributed by atoms with Crippen LogP contribution in [0.25, 0.3) is 0 Å². The summed E-state index contributed by atoms with van der Waals surface area (Å²) in [5, 5.41) is 15.5. The van der Waals surface area contributed by atoms with E-state index in [2.05, 4.69) is 5.10 Å². The van der Waals surface area contributed by atoms with Crippen LogP contribution in [0.4, 0.5) is 0 Å². The molecular formula is C13H14Cl2N2O2. The van der Waals surface area contributed by atoms with E-state index in [9.17, 15) is 4.79 Å². The van der Waals surface area contributed by atoms with E-state index in [1.54, 1.807) is 12.1 Å². The molecule has 0 aromatic heterocycles. The molecule has 0 unspecified atom stereocenters. The van der Waals surface area contributed by atoms with Crippen molar-refractivity contribution in [2.24, 2.45) is 5.10 Å². The van der Waals surface area contributed by atoms with Gasteiger partial charge in [-0.3, -0.25) is 4.79 Å².